The zero-order chi connectivity index (χ0) is 13.0. The van der Waals surface area contributed by atoms with Crippen molar-refractivity contribution >= 4 is 6.01 Å². The first-order chi connectivity index (χ1) is 8.70. The Hall–Kier alpha value is -1.10. The van der Waals surface area contributed by atoms with Gasteiger partial charge < -0.3 is 14.6 Å². The first-order valence-corrected chi connectivity index (χ1v) is 6.92. The molecule has 1 saturated heterocycles. The van der Waals surface area contributed by atoms with Crippen LogP contribution in [0.1, 0.15) is 39.0 Å². The number of anilines is 1. The van der Waals surface area contributed by atoms with Crippen molar-refractivity contribution in [1.82, 2.24) is 15.5 Å². The number of aromatic nitrogens is 2. The fourth-order valence-corrected chi connectivity index (χ4v) is 2.58. The highest BCUT2D eigenvalue weighted by molar-refractivity contribution is 5.24. The second-order valence-corrected chi connectivity index (χ2v) is 5.43. The summed E-state index contributed by atoms with van der Waals surface area (Å²) in [6.07, 6.45) is 3.75. The molecule has 2 heterocycles. The van der Waals surface area contributed by atoms with Crippen molar-refractivity contribution in [1.29, 1.82) is 0 Å². The summed E-state index contributed by atoms with van der Waals surface area (Å²) in [6, 6.07) is 0.685. The topological polar surface area (TPSA) is 54.2 Å². The van der Waals surface area contributed by atoms with E-state index in [0.29, 0.717) is 18.5 Å². The number of hydrogen-bond acceptors (Lipinski definition) is 5. The molecular weight excluding hydrogens is 228 g/mol. The van der Waals surface area contributed by atoms with Crippen LogP contribution >= 0.6 is 0 Å². The van der Waals surface area contributed by atoms with E-state index >= 15 is 0 Å². The van der Waals surface area contributed by atoms with Crippen molar-refractivity contribution in [3.63, 3.8) is 0 Å². The monoisotopic (exact) mass is 252 g/mol. The zero-order valence-electron chi connectivity index (χ0n) is 11.6. The van der Waals surface area contributed by atoms with E-state index in [1.165, 1.54) is 19.3 Å². The fraction of sp³-hybridized carbons (Fsp3) is 0.846. The molecule has 1 N–H and O–H groups in total. The van der Waals surface area contributed by atoms with E-state index in [9.17, 15) is 0 Å². The van der Waals surface area contributed by atoms with Gasteiger partial charge in [-0.15, -0.1) is 5.10 Å². The minimum Gasteiger partial charge on any atom is -0.407 e. The molecule has 1 aliphatic heterocycles. The SMILES string of the molecule is CNCc1nnc(N2CCCC(C(C)C)CC2)o1. The number of nitrogens with zero attached hydrogens (tertiary/aromatic N) is 3. The van der Waals surface area contributed by atoms with E-state index < -0.39 is 0 Å². The van der Waals surface area contributed by atoms with Crippen LogP contribution in [0.25, 0.3) is 0 Å². The molecule has 0 radical (unpaired) electrons. The minimum absolute atomic E-state index is 0.634. The fourth-order valence-electron chi connectivity index (χ4n) is 2.58. The van der Waals surface area contributed by atoms with Crippen molar-refractivity contribution in [3.05, 3.63) is 5.89 Å². The Morgan fingerprint density at radius 1 is 1.33 bits per heavy atom. The molecule has 18 heavy (non-hydrogen) atoms. The molecule has 0 aromatic carbocycles. The molecule has 2 rings (SSSR count). The molecule has 1 atom stereocenters. The molecule has 0 aliphatic carbocycles. The van der Waals surface area contributed by atoms with Gasteiger partial charge in [-0.1, -0.05) is 18.9 Å². The highest BCUT2D eigenvalue weighted by Gasteiger charge is 2.22. The summed E-state index contributed by atoms with van der Waals surface area (Å²) < 4.78 is 5.66. The van der Waals surface area contributed by atoms with E-state index in [0.717, 1.165) is 24.9 Å². The zero-order valence-corrected chi connectivity index (χ0v) is 11.6. The van der Waals surface area contributed by atoms with Crippen LogP contribution in [0.4, 0.5) is 6.01 Å². The molecular formula is C13H24N4O. The van der Waals surface area contributed by atoms with E-state index in [-0.39, 0.29) is 0 Å². The molecule has 0 bridgehead atoms. The predicted octanol–water partition coefficient (Wildman–Crippen LogP) is 2.05. The lowest BCUT2D eigenvalue weighted by molar-refractivity contribution is 0.350. The third-order valence-corrected chi connectivity index (χ3v) is 3.77. The summed E-state index contributed by atoms with van der Waals surface area (Å²) in [5.41, 5.74) is 0. The summed E-state index contributed by atoms with van der Waals surface area (Å²) in [4.78, 5) is 2.23. The molecule has 1 aromatic rings. The molecule has 0 saturated carbocycles. The summed E-state index contributed by atoms with van der Waals surface area (Å²) in [5, 5.41) is 11.2. The Morgan fingerprint density at radius 3 is 2.89 bits per heavy atom. The van der Waals surface area contributed by atoms with Crippen LogP contribution in [0.5, 0.6) is 0 Å². The van der Waals surface area contributed by atoms with Gasteiger partial charge in [0.1, 0.15) is 0 Å². The molecule has 0 spiro atoms. The van der Waals surface area contributed by atoms with Gasteiger partial charge in [-0.25, -0.2) is 0 Å². The summed E-state index contributed by atoms with van der Waals surface area (Å²) in [6.45, 7) is 7.33. The van der Waals surface area contributed by atoms with Gasteiger partial charge >= 0.3 is 6.01 Å². The lowest BCUT2D eigenvalue weighted by atomic mass is 9.89. The Kier molecular flexibility index (Phi) is 4.58. The minimum atomic E-state index is 0.634. The van der Waals surface area contributed by atoms with Crippen LogP contribution in [-0.2, 0) is 6.54 Å². The van der Waals surface area contributed by atoms with Crippen LogP contribution in [-0.4, -0.2) is 30.3 Å². The lowest BCUT2D eigenvalue weighted by Gasteiger charge is -2.19. The number of hydrogen-bond donors (Lipinski definition) is 1. The Bertz CT molecular complexity index is 364. The highest BCUT2D eigenvalue weighted by Crippen LogP contribution is 2.26. The molecule has 1 unspecified atom stereocenters. The molecule has 102 valence electrons. The summed E-state index contributed by atoms with van der Waals surface area (Å²) in [5.74, 6) is 2.26. The van der Waals surface area contributed by atoms with Gasteiger partial charge in [0.05, 0.1) is 6.54 Å². The van der Waals surface area contributed by atoms with Crippen molar-refractivity contribution < 1.29 is 4.42 Å². The highest BCUT2D eigenvalue weighted by atomic mass is 16.4. The normalized spacial score (nSPS) is 21.3. The Morgan fingerprint density at radius 2 is 2.17 bits per heavy atom. The average Bonchev–Trinajstić information content (AvgIpc) is 2.65. The van der Waals surface area contributed by atoms with Crippen molar-refractivity contribution in [3.8, 4) is 0 Å². The van der Waals surface area contributed by atoms with Gasteiger partial charge in [-0.2, -0.15) is 0 Å². The van der Waals surface area contributed by atoms with E-state index in [2.05, 4.69) is 34.3 Å². The average molecular weight is 252 g/mol. The summed E-state index contributed by atoms with van der Waals surface area (Å²) in [7, 11) is 1.88. The van der Waals surface area contributed by atoms with Crippen LogP contribution in [0.15, 0.2) is 4.42 Å². The molecule has 1 aliphatic rings. The maximum absolute atomic E-state index is 5.66. The van der Waals surface area contributed by atoms with Gasteiger partial charge in [0.15, 0.2) is 0 Å². The first-order valence-electron chi connectivity index (χ1n) is 6.92. The number of rotatable bonds is 4. The largest absolute Gasteiger partial charge is 0.407 e. The third-order valence-electron chi connectivity index (χ3n) is 3.77. The third kappa shape index (κ3) is 3.22. The van der Waals surface area contributed by atoms with Crippen molar-refractivity contribution in [2.24, 2.45) is 11.8 Å². The molecule has 1 fully saturated rings. The molecule has 1 aromatic heterocycles. The van der Waals surface area contributed by atoms with Gasteiger partial charge in [0.25, 0.3) is 0 Å². The maximum Gasteiger partial charge on any atom is 0.318 e. The van der Waals surface area contributed by atoms with Crippen molar-refractivity contribution in [2.45, 2.75) is 39.7 Å². The predicted molar refractivity (Wildman–Crippen MR) is 71.5 cm³/mol. The van der Waals surface area contributed by atoms with Gasteiger partial charge in [0, 0.05) is 13.1 Å². The van der Waals surface area contributed by atoms with Crippen LogP contribution in [0.3, 0.4) is 0 Å². The van der Waals surface area contributed by atoms with Crippen molar-refractivity contribution in [2.75, 3.05) is 25.0 Å². The number of nitrogens with one attached hydrogen (secondary N) is 1. The molecule has 0 amide bonds. The van der Waals surface area contributed by atoms with Gasteiger partial charge in [-0.3, -0.25) is 0 Å². The second-order valence-electron chi connectivity index (χ2n) is 5.43. The van der Waals surface area contributed by atoms with Crippen LogP contribution < -0.4 is 10.2 Å². The molecule has 5 nitrogen and oxygen atoms in total. The second kappa shape index (κ2) is 6.18. The maximum atomic E-state index is 5.66. The van der Waals surface area contributed by atoms with Gasteiger partial charge in [0.2, 0.25) is 5.89 Å². The van der Waals surface area contributed by atoms with Crippen LogP contribution in [0.2, 0.25) is 0 Å². The standard InChI is InChI=1S/C13H24N4O/c1-10(2)11-5-4-7-17(8-6-11)13-16-15-12(18-13)9-14-3/h10-11,14H,4-9H2,1-3H3. The first kappa shape index (κ1) is 13.3. The van der Waals surface area contributed by atoms with Gasteiger partial charge in [-0.05, 0) is 38.1 Å². The Labute approximate surface area is 109 Å². The van der Waals surface area contributed by atoms with Crippen LogP contribution in [0, 0.1) is 11.8 Å². The quantitative estimate of drug-likeness (QED) is 0.889. The molecule has 5 heteroatoms. The van der Waals surface area contributed by atoms with E-state index in [4.69, 9.17) is 4.42 Å². The van der Waals surface area contributed by atoms with E-state index in [1.54, 1.807) is 0 Å². The van der Waals surface area contributed by atoms with E-state index in [1.807, 2.05) is 7.05 Å². The lowest BCUT2D eigenvalue weighted by Crippen LogP contribution is -2.24. The smallest absolute Gasteiger partial charge is 0.318 e. The Balaban J connectivity index is 1.96. The summed E-state index contributed by atoms with van der Waals surface area (Å²) >= 11 is 0.